The van der Waals surface area contributed by atoms with Crippen LogP contribution in [-0.4, -0.2) is 36.0 Å². The fourth-order valence-corrected chi connectivity index (χ4v) is 2.15. The lowest BCUT2D eigenvalue weighted by atomic mass is 10.1. The van der Waals surface area contributed by atoms with Gasteiger partial charge in [-0.2, -0.15) is 0 Å². The highest BCUT2D eigenvalue weighted by Gasteiger charge is 2.34. The van der Waals surface area contributed by atoms with Crippen LogP contribution in [0.3, 0.4) is 0 Å². The lowest BCUT2D eigenvalue weighted by Crippen LogP contribution is -2.30. The average Bonchev–Trinajstić information content (AvgIpc) is 3.13. The van der Waals surface area contributed by atoms with Crippen molar-refractivity contribution >= 4 is 11.8 Å². The van der Waals surface area contributed by atoms with Gasteiger partial charge < -0.3 is 4.74 Å². The standard InChI is InChI=1S/C13H13NO3/c15-12-10-5-1-2-6-11(10)13(16)14(12)7-3-4-9-8-17-9/h1-2,5-6,9H,3-4,7-8H2. The van der Waals surface area contributed by atoms with E-state index >= 15 is 0 Å². The molecule has 1 unspecified atom stereocenters. The lowest BCUT2D eigenvalue weighted by molar-refractivity contribution is 0.0650. The van der Waals surface area contributed by atoms with Gasteiger partial charge in [0.2, 0.25) is 0 Å². The Morgan fingerprint density at radius 2 is 1.76 bits per heavy atom. The van der Waals surface area contributed by atoms with Gasteiger partial charge in [-0.15, -0.1) is 0 Å². The predicted molar refractivity (Wildman–Crippen MR) is 60.8 cm³/mol. The average molecular weight is 231 g/mol. The number of carbonyl (C=O) groups is 2. The van der Waals surface area contributed by atoms with E-state index in [0.717, 1.165) is 19.4 Å². The largest absolute Gasteiger partial charge is 0.373 e. The molecule has 2 heterocycles. The van der Waals surface area contributed by atoms with E-state index in [1.807, 2.05) is 0 Å². The van der Waals surface area contributed by atoms with Gasteiger partial charge in [0.1, 0.15) is 0 Å². The summed E-state index contributed by atoms with van der Waals surface area (Å²) in [6.07, 6.45) is 2.09. The summed E-state index contributed by atoms with van der Waals surface area (Å²) < 4.78 is 5.10. The zero-order chi connectivity index (χ0) is 11.8. The summed E-state index contributed by atoms with van der Waals surface area (Å²) >= 11 is 0. The van der Waals surface area contributed by atoms with Crippen molar-refractivity contribution in [3.05, 3.63) is 35.4 Å². The number of hydrogen-bond acceptors (Lipinski definition) is 3. The Labute approximate surface area is 99.2 Å². The Hall–Kier alpha value is -1.68. The van der Waals surface area contributed by atoms with E-state index < -0.39 is 0 Å². The van der Waals surface area contributed by atoms with E-state index in [1.165, 1.54) is 4.90 Å². The zero-order valence-electron chi connectivity index (χ0n) is 9.39. The molecule has 0 saturated carbocycles. The van der Waals surface area contributed by atoms with Gasteiger partial charge >= 0.3 is 0 Å². The van der Waals surface area contributed by atoms with Crippen LogP contribution in [0.25, 0.3) is 0 Å². The number of rotatable bonds is 4. The van der Waals surface area contributed by atoms with Crippen molar-refractivity contribution in [3.8, 4) is 0 Å². The van der Waals surface area contributed by atoms with E-state index in [1.54, 1.807) is 24.3 Å². The van der Waals surface area contributed by atoms with Crippen molar-refractivity contribution in [2.45, 2.75) is 18.9 Å². The van der Waals surface area contributed by atoms with Gasteiger partial charge in [0.05, 0.1) is 23.8 Å². The van der Waals surface area contributed by atoms with Crippen molar-refractivity contribution in [3.63, 3.8) is 0 Å². The maximum Gasteiger partial charge on any atom is 0.261 e. The molecule has 0 bridgehead atoms. The fourth-order valence-electron chi connectivity index (χ4n) is 2.15. The summed E-state index contributed by atoms with van der Waals surface area (Å²) in [6, 6.07) is 6.98. The molecular formula is C13H13NO3. The third kappa shape index (κ3) is 1.85. The normalized spacial score (nSPS) is 21.9. The third-order valence-corrected chi connectivity index (χ3v) is 3.19. The van der Waals surface area contributed by atoms with E-state index in [4.69, 9.17) is 4.74 Å². The number of amides is 2. The summed E-state index contributed by atoms with van der Waals surface area (Å²) in [5, 5.41) is 0. The van der Waals surface area contributed by atoms with Crippen LogP contribution in [0.2, 0.25) is 0 Å². The molecule has 1 atom stereocenters. The highest BCUT2D eigenvalue weighted by molar-refractivity contribution is 6.21. The quantitative estimate of drug-likeness (QED) is 0.582. The fraction of sp³-hybridized carbons (Fsp3) is 0.385. The minimum atomic E-state index is -0.165. The zero-order valence-corrected chi connectivity index (χ0v) is 9.39. The molecule has 2 aliphatic heterocycles. The first-order valence-corrected chi connectivity index (χ1v) is 5.84. The first-order chi connectivity index (χ1) is 8.27. The number of epoxide rings is 1. The van der Waals surface area contributed by atoms with Crippen molar-refractivity contribution in [2.24, 2.45) is 0 Å². The van der Waals surface area contributed by atoms with Gasteiger partial charge in [-0.05, 0) is 25.0 Å². The van der Waals surface area contributed by atoms with Gasteiger partial charge in [-0.25, -0.2) is 0 Å². The number of ether oxygens (including phenoxy) is 1. The third-order valence-electron chi connectivity index (χ3n) is 3.19. The molecule has 0 N–H and O–H groups in total. The number of benzene rings is 1. The first kappa shape index (κ1) is 10.5. The van der Waals surface area contributed by atoms with Crippen molar-refractivity contribution in [1.29, 1.82) is 0 Å². The molecule has 0 aromatic heterocycles. The maximum absolute atomic E-state index is 12.0. The van der Waals surface area contributed by atoms with Crippen LogP contribution in [-0.2, 0) is 4.74 Å². The van der Waals surface area contributed by atoms with Crippen molar-refractivity contribution in [1.82, 2.24) is 4.90 Å². The molecule has 2 aliphatic rings. The molecule has 1 fully saturated rings. The Morgan fingerprint density at radius 1 is 1.18 bits per heavy atom. The van der Waals surface area contributed by atoms with Crippen LogP contribution >= 0.6 is 0 Å². The molecule has 2 amide bonds. The molecule has 0 spiro atoms. The molecular weight excluding hydrogens is 218 g/mol. The topological polar surface area (TPSA) is 49.9 Å². The minimum Gasteiger partial charge on any atom is -0.373 e. The van der Waals surface area contributed by atoms with Crippen LogP contribution < -0.4 is 0 Å². The van der Waals surface area contributed by atoms with Crippen molar-refractivity contribution < 1.29 is 14.3 Å². The second-order valence-electron chi connectivity index (χ2n) is 4.41. The van der Waals surface area contributed by atoms with E-state index in [9.17, 15) is 9.59 Å². The van der Waals surface area contributed by atoms with Crippen LogP contribution in [0.15, 0.2) is 24.3 Å². The first-order valence-electron chi connectivity index (χ1n) is 5.84. The molecule has 88 valence electrons. The summed E-state index contributed by atoms with van der Waals surface area (Å²) in [4.78, 5) is 25.3. The smallest absolute Gasteiger partial charge is 0.261 e. The highest BCUT2D eigenvalue weighted by Crippen LogP contribution is 2.23. The van der Waals surface area contributed by atoms with E-state index in [0.29, 0.717) is 23.8 Å². The molecule has 1 aromatic rings. The van der Waals surface area contributed by atoms with Gasteiger partial charge in [0.15, 0.2) is 0 Å². The predicted octanol–water partition coefficient (Wildman–Crippen LogP) is 1.46. The Balaban J connectivity index is 1.70. The minimum absolute atomic E-state index is 0.165. The maximum atomic E-state index is 12.0. The second-order valence-corrected chi connectivity index (χ2v) is 4.41. The number of imide groups is 1. The van der Waals surface area contributed by atoms with Crippen LogP contribution in [0.5, 0.6) is 0 Å². The monoisotopic (exact) mass is 231 g/mol. The van der Waals surface area contributed by atoms with Gasteiger partial charge in [-0.3, -0.25) is 14.5 Å². The molecule has 4 nitrogen and oxygen atoms in total. The van der Waals surface area contributed by atoms with Gasteiger partial charge in [0.25, 0.3) is 11.8 Å². The van der Waals surface area contributed by atoms with Gasteiger partial charge in [-0.1, -0.05) is 12.1 Å². The van der Waals surface area contributed by atoms with E-state index in [-0.39, 0.29) is 11.8 Å². The number of nitrogens with zero attached hydrogens (tertiary/aromatic N) is 1. The SMILES string of the molecule is O=C1c2ccccc2C(=O)N1CCCC1CO1. The van der Waals surface area contributed by atoms with Crippen LogP contribution in [0.4, 0.5) is 0 Å². The summed E-state index contributed by atoms with van der Waals surface area (Å²) in [6.45, 7) is 1.31. The number of fused-ring (bicyclic) bond motifs is 1. The van der Waals surface area contributed by atoms with Crippen LogP contribution in [0.1, 0.15) is 33.6 Å². The molecule has 1 aromatic carbocycles. The van der Waals surface area contributed by atoms with E-state index in [2.05, 4.69) is 0 Å². The molecule has 1 saturated heterocycles. The summed E-state index contributed by atoms with van der Waals surface area (Å²) in [5.41, 5.74) is 1.06. The molecule has 0 aliphatic carbocycles. The lowest BCUT2D eigenvalue weighted by Gasteiger charge is -2.12. The summed E-state index contributed by atoms with van der Waals surface area (Å²) in [5.74, 6) is -0.329. The van der Waals surface area contributed by atoms with Crippen LogP contribution in [0, 0.1) is 0 Å². The molecule has 0 radical (unpaired) electrons. The summed E-state index contributed by atoms with van der Waals surface area (Å²) in [7, 11) is 0. The Bertz CT molecular complexity index is 444. The highest BCUT2D eigenvalue weighted by atomic mass is 16.6. The second kappa shape index (κ2) is 3.96. The molecule has 4 heteroatoms. The Morgan fingerprint density at radius 3 is 2.29 bits per heavy atom. The Kier molecular flexibility index (Phi) is 2.44. The van der Waals surface area contributed by atoms with Gasteiger partial charge in [0, 0.05) is 6.54 Å². The number of hydrogen-bond donors (Lipinski definition) is 0. The van der Waals surface area contributed by atoms with Crippen molar-refractivity contribution in [2.75, 3.05) is 13.2 Å². The molecule has 3 rings (SSSR count). The molecule has 17 heavy (non-hydrogen) atoms. The number of carbonyl (C=O) groups excluding carboxylic acids is 2.